The lowest BCUT2D eigenvalue weighted by Gasteiger charge is -2.29. The van der Waals surface area contributed by atoms with Crippen LogP contribution in [-0.2, 0) is 10.2 Å². The van der Waals surface area contributed by atoms with Crippen molar-refractivity contribution in [3.63, 3.8) is 0 Å². The van der Waals surface area contributed by atoms with Crippen molar-refractivity contribution >= 4 is 0 Å². The fourth-order valence-corrected chi connectivity index (χ4v) is 2.70. The maximum Gasteiger partial charge on any atom is 0.191 e. The highest BCUT2D eigenvalue weighted by molar-refractivity contribution is 5.51. The number of rotatable bonds is 9. The predicted molar refractivity (Wildman–Crippen MR) is 102 cm³/mol. The molecule has 1 aliphatic carbocycles. The van der Waals surface area contributed by atoms with Crippen LogP contribution in [-0.4, -0.2) is 18.8 Å². The maximum atomic E-state index is 9.79. The van der Waals surface area contributed by atoms with Crippen LogP contribution in [0.5, 0.6) is 5.75 Å². The fraction of sp³-hybridized carbons (Fsp3) is 0.455. The predicted octanol–water partition coefficient (Wildman–Crippen LogP) is 4.83. The molecule has 26 heavy (non-hydrogen) atoms. The van der Waals surface area contributed by atoms with E-state index >= 15 is 0 Å². The molecule has 0 radical (unpaired) electrons. The lowest BCUT2D eigenvalue weighted by molar-refractivity contribution is 0.0634. The molecule has 0 fully saturated rings. The van der Waals surface area contributed by atoms with E-state index in [0.29, 0.717) is 13.2 Å². The number of hydrogen-bond donors (Lipinski definition) is 0. The first-order valence-corrected chi connectivity index (χ1v) is 9.24. The van der Waals surface area contributed by atoms with Crippen LogP contribution >= 0.6 is 0 Å². The van der Waals surface area contributed by atoms with E-state index in [-0.39, 0.29) is 0 Å². The van der Waals surface area contributed by atoms with Gasteiger partial charge in [0, 0.05) is 6.61 Å². The molecule has 4 heteroatoms. The zero-order chi connectivity index (χ0) is 18.9. The van der Waals surface area contributed by atoms with Gasteiger partial charge in [0.1, 0.15) is 17.2 Å². The van der Waals surface area contributed by atoms with Crippen LogP contribution < -0.4 is 4.74 Å². The van der Waals surface area contributed by atoms with Crippen molar-refractivity contribution in [2.24, 2.45) is 0 Å². The van der Waals surface area contributed by atoms with E-state index in [9.17, 15) is 10.5 Å². The Labute approximate surface area is 156 Å². The summed E-state index contributed by atoms with van der Waals surface area (Å²) in [5.74, 6) is 0.799. The Morgan fingerprint density at radius 2 is 1.46 bits per heavy atom. The van der Waals surface area contributed by atoms with Crippen LogP contribution in [0, 0.1) is 22.7 Å². The van der Waals surface area contributed by atoms with Gasteiger partial charge in [0.05, 0.1) is 12.7 Å². The van der Waals surface area contributed by atoms with Gasteiger partial charge in [-0.2, -0.15) is 10.5 Å². The van der Waals surface area contributed by atoms with Crippen molar-refractivity contribution < 1.29 is 9.47 Å². The molecule has 0 heterocycles. The van der Waals surface area contributed by atoms with Crippen molar-refractivity contribution in [1.82, 2.24) is 0 Å². The highest BCUT2D eigenvalue weighted by atomic mass is 16.5. The molecule has 1 aliphatic rings. The van der Waals surface area contributed by atoms with Crippen molar-refractivity contribution in [3.05, 3.63) is 54.1 Å². The van der Waals surface area contributed by atoms with Crippen molar-refractivity contribution in [1.29, 1.82) is 10.5 Å². The van der Waals surface area contributed by atoms with E-state index in [1.165, 1.54) is 0 Å². The number of nitrogens with zero attached hydrogens (tertiary/aromatic N) is 2. The van der Waals surface area contributed by atoms with Gasteiger partial charge in [-0.25, -0.2) is 0 Å². The Bertz CT molecular complexity index is 706. The van der Waals surface area contributed by atoms with Gasteiger partial charge in [-0.05, 0) is 42.7 Å². The monoisotopic (exact) mass is 350 g/mol. The van der Waals surface area contributed by atoms with E-state index in [4.69, 9.17) is 9.47 Å². The topological polar surface area (TPSA) is 66.0 Å². The minimum atomic E-state index is -1.08. The summed E-state index contributed by atoms with van der Waals surface area (Å²) in [5, 5.41) is 19.3. The van der Waals surface area contributed by atoms with E-state index in [0.717, 1.165) is 37.0 Å². The Morgan fingerprint density at radius 3 is 2.00 bits per heavy atom. The van der Waals surface area contributed by atoms with Gasteiger partial charge < -0.3 is 9.47 Å². The Morgan fingerprint density at radius 1 is 0.846 bits per heavy atom. The number of allylic oxidation sites excluding steroid dienone is 2. The summed E-state index contributed by atoms with van der Waals surface area (Å²) in [4.78, 5) is 0. The Hall–Kier alpha value is -2.56. The van der Waals surface area contributed by atoms with Gasteiger partial charge in [0.2, 0.25) is 0 Å². The summed E-state index contributed by atoms with van der Waals surface area (Å²) in [6.45, 7) is 5.41. The molecule has 0 aromatic heterocycles. The molecule has 0 spiro atoms. The second-order valence-electron chi connectivity index (χ2n) is 6.48. The highest BCUT2D eigenvalue weighted by Crippen LogP contribution is 2.34. The molecule has 0 N–H and O–H groups in total. The van der Waals surface area contributed by atoms with Gasteiger partial charge in [-0.1, -0.05) is 51.0 Å². The summed E-state index contributed by atoms with van der Waals surface area (Å²) >= 11 is 0. The summed E-state index contributed by atoms with van der Waals surface area (Å²) in [7, 11) is 0. The first-order valence-electron chi connectivity index (χ1n) is 9.24. The molecule has 0 saturated heterocycles. The lowest BCUT2D eigenvalue weighted by atomic mass is 9.76. The number of benzene rings is 1. The molecule has 0 aliphatic heterocycles. The van der Waals surface area contributed by atoms with Gasteiger partial charge in [0.25, 0.3) is 0 Å². The Balaban J connectivity index is 2.15. The third-order valence-corrected chi connectivity index (χ3v) is 4.48. The van der Waals surface area contributed by atoms with Gasteiger partial charge >= 0.3 is 0 Å². The molecule has 2 rings (SSSR count). The number of ether oxygens (including phenoxy) is 2. The molecule has 0 amide bonds. The molecular weight excluding hydrogens is 324 g/mol. The first kappa shape index (κ1) is 19.8. The summed E-state index contributed by atoms with van der Waals surface area (Å²) < 4.78 is 11.4. The van der Waals surface area contributed by atoms with Crippen molar-refractivity contribution in [2.75, 3.05) is 13.2 Å². The smallest absolute Gasteiger partial charge is 0.191 e. The van der Waals surface area contributed by atoms with Gasteiger partial charge in [-0.15, -0.1) is 0 Å². The maximum absolute atomic E-state index is 9.79. The van der Waals surface area contributed by atoms with Crippen LogP contribution in [0.1, 0.15) is 45.1 Å². The number of hydrogen-bond acceptors (Lipinski definition) is 4. The third-order valence-electron chi connectivity index (χ3n) is 4.48. The molecule has 0 saturated carbocycles. The van der Waals surface area contributed by atoms with Crippen LogP contribution in [0.4, 0.5) is 0 Å². The normalized spacial score (nSPS) is 24.0. The van der Waals surface area contributed by atoms with Gasteiger partial charge in [-0.3, -0.25) is 0 Å². The first-order chi connectivity index (χ1) is 12.6. The third kappa shape index (κ3) is 4.54. The van der Waals surface area contributed by atoms with Gasteiger partial charge in [0.15, 0.2) is 5.60 Å². The molecule has 4 nitrogen and oxygen atoms in total. The van der Waals surface area contributed by atoms with Crippen LogP contribution in [0.3, 0.4) is 0 Å². The molecule has 0 atom stereocenters. The largest absolute Gasteiger partial charge is 0.494 e. The second-order valence-corrected chi connectivity index (χ2v) is 6.48. The fourth-order valence-electron chi connectivity index (χ4n) is 2.70. The van der Waals surface area contributed by atoms with Crippen LogP contribution in [0.2, 0.25) is 0 Å². The zero-order valence-electron chi connectivity index (χ0n) is 15.6. The SMILES string of the molecule is CCCCOc1ccc(C2(C#N)C=CC(C#N)(OCCCC)C=C2)cc1. The minimum Gasteiger partial charge on any atom is -0.494 e. The molecule has 136 valence electrons. The summed E-state index contributed by atoms with van der Waals surface area (Å²) in [6.07, 6.45) is 10.9. The van der Waals surface area contributed by atoms with E-state index in [2.05, 4.69) is 26.0 Å². The average Bonchev–Trinajstić information content (AvgIpc) is 2.70. The van der Waals surface area contributed by atoms with E-state index in [1.807, 2.05) is 24.3 Å². The Kier molecular flexibility index (Phi) is 7.01. The highest BCUT2D eigenvalue weighted by Gasteiger charge is 2.36. The lowest BCUT2D eigenvalue weighted by Crippen LogP contribution is -2.33. The second kappa shape index (κ2) is 9.22. The molecule has 1 aromatic carbocycles. The molecular formula is C22H26N2O2. The molecule has 0 unspecified atom stereocenters. The number of nitriles is 2. The molecule has 1 aromatic rings. The van der Waals surface area contributed by atoms with E-state index in [1.54, 1.807) is 24.3 Å². The van der Waals surface area contributed by atoms with Crippen LogP contribution in [0.15, 0.2) is 48.6 Å². The standard InChI is InChI=1S/C22H26N2O2/c1-3-5-15-25-20-9-7-19(8-10-20)21(17-23)11-13-22(18-24,14-12-21)26-16-6-4-2/h7-14H,3-6,15-16H2,1-2H3. The summed E-state index contributed by atoms with van der Waals surface area (Å²) in [5.41, 5.74) is -1.13. The quantitative estimate of drug-likeness (QED) is 0.472. The van der Waals surface area contributed by atoms with Crippen molar-refractivity contribution in [2.45, 2.75) is 50.5 Å². The van der Waals surface area contributed by atoms with E-state index < -0.39 is 11.0 Å². The average molecular weight is 350 g/mol. The van der Waals surface area contributed by atoms with Crippen molar-refractivity contribution in [3.8, 4) is 17.9 Å². The minimum absolute atomic E-state index is 0.516. The zero-order valence-corrected chi connectivity index (χ0v) is 15.6. The summed E-state index contributed by atoms with van der Waals surface area (Å²) in [6, 6.07) is 12.1. The number of unbranched alkanes of at least 4 members (excludes halogenated alkanes) is 2. The van der Waals surface area contributed by atoms with Crippen LogP contribution in [0.25, 0.3) is 0 Å². The molecule has 0 bridgehead atoms.